The van der Waals surface area contributed by atoms with Gasteiger partial charge in [0.05, 0.1) is 13.2 Å². The molecule has 23 heavy (non-hydrogen) atoms. The molecule has 6 nitrogen and oxygen atoms in total. The molecule has 2 heterocycles. The third-order valence-corrected chi connectivity index (χ3v) is 4.10. The summed E-state index contributed by atoms with van der Waals surface area (Å²) >= 11 is 0. The Morgan fingerprint density at radius 1 is 1.26 bits per heavy atom. The molecule has 2 aliphatic rings. The van der Waals surface area contributed by atoms with Crippen molar-refractivity contribution >= 4 is 11.9 Å². The molecule has 0 saturated heterocycles. The number of nitrogens with one attached hydrogen (secondary N) is 1. The van der Waals surface area contributed by atoms with Gasteiger partial charge in [-0.3, -0.25) is 10.1 Å². The maximum absolute atomic E-state index is 12.5. The molecule has 1 aliphatic heterocycles. The first-order valence-electron chi connectivity index (χ1n) is 8.02. The average Bonchev–Trinajstić information content (AvgIpc) is 3.31. The van der Waals surface area contributed by atoms with Gasteiger partial charge in [0, 0.05) is 30.9 Å². The lowest BCUT2D eigenvalue weighted by Crippen LogP contribution is -2.16. The van der Waals surface area contributed by atoms with Crippen molar-refractivity contribution in [3.63, 3.8) is 0 Å². The maximum Gasteiger partial charge on any atom is 0.258 e. The molecular formula is C17H19N3O3. The van der Waals surface area contributed by atoms with E-state index in [9.17, 15) is 4.79 Å². The molecule has 1 aromatic heterocycles. The molecule has 0 atom stereocenters. The highest BCUT2D eigenvalue weighted by Gasteiger charge is 2.23. The van der Waals surface area contributed by atoms with Crippen molar-refractivity contribution in [1.82, 2.24) is 9.55 Å². The van der Waals surface area contributed by atoms with Crippen molar-refractivity contribution in [3.8, 4) is 11.5 Å². The Kier molecular flexibility index (Phi) is 3.65. The second-order valence-electron chi connectivity index (χ2n) is 6.01. The molecule has 0 bridgehead atoms. The van der Waals surface area contributed by atoms with Crippen molar-refractivity contribution in [2.45, 2.75) is 25.8 Å². The van der Waals surface area contributed by atoms with Crippen LogP contribution in [0, 0.1) is 5.92 Å². The van der Waals surface area contributed by atoms with Gasteiger partial charge in [0.1, 0.15) is 0 Å². The monoisotopic (exact) mass is 313 g/mol. The molecule has 1 aromatic carbocycles. The summed E-state index contributed by atoms with van der Waals surface area (Å²) in [6, 6.07) is 5.26. The normalized spacial score (nSPS) is 16.7. The van der Waals surface area contributed by atoms with Crippen LogP contribution in [0.2, 0.25) is 0 Å². The van der Waals surface area contributed by atoms with Gasteiger partial charge in [-0.25, -0.2) is 4.98 Å². The number of benzene rings is 1. The smallest absolute Gasteiger partial charge is 0.258 e. The van der Waals surface area contributed by atoms with Crippen molar-refractivity contribution in [2.75, 3.05) is 18.5 Å². The molecule has 0 unspecified atom stereocenters. The summed E-state index contributed by atoms with van der Waals surface area (Å²) in [5, 5.41) is 2.88. The number of amides is 1. The van der Waals surface area contributed by atoms with Gasteiger partial charge in [0.15, 0.2) is 11.5 Å². The predicted octanol–water partition coefficient (Wildman–Crippen LogP) is 2.71. The van der Waals surface area contributed by atoms with E-state index in [1.807, 2.05) is 10.8 Å². The Morgan fingerprint density at radius 3 is 2.91 bits per heavy atom. The number of ether oxygens (including phenoxy) is 2. The number of aromatic nitrogens is 2. The molecule has 1 N–H and O–H groups in total. The van der Waals surface area contributed by atoms with E-state index in [0.717, 1.165) is 18.9 Å². The van der Waals surface area contributed by atoms with Crippen LogP contribution in [-0.2, 0) is 6.54 Å². The van der Waals surface area contributed by atoms with Crippen LogP contribution in [0.1, 0.15) is 29.6 Å². The van der Waals surface area contributed by atoms with Crippen LogP contribution in [0.3, 0.4) is 0 Å². The molecule has 0 spiro atoms. The SMILES string of the molecule is O=C(Nc1nccn1CC1CC1)c1ccc2c(c1)OCCCO2. The largest absolute Gasteiger partial charge is 0.490 e. The van der Waals surface area contributed by atoms with Gasteiger partial charge in [0.25, 0.3) is 5.91 Å². The number of rotatable bonds is 4. The fourth-order valence-corrected chi connectivity index (χ4v) is 2.64. The van der Waals surface area contributed by atoms with Gasteiger partial charge in [-0.05, 0) is 37.0 Å². The Bertz CT molecular complexity index is 722. The number of hydrogen-bond donors (Lipinski definition) is 1. The number of nitrogens with zero attached hydrogens (tertiary/aromatic N) is 2. The Balaban J connectivity index is 1.50. The van der Waals surface area contributed by atoms with E-state index < -0.39 is 0 Å². The minimum atomic E-state index is -0.191. The number of carbonyl (C=O) groups excluding carboxylic acids is 1. The molecule has 1 fully saturated rings. The first kappa shape index (κ1) is 14.1. The van der Waals surface area contributed by atoms with E-state index in [1.54, 1.807) is 24.4 Å². The highest BCUT2D eigenvalue weighted by molar-refractivity contribution is 6.03. The third-order valence-electron chi connectivity index (χ3n) is 4.10. The summed E-state index contributed by atoms with van der Waals surface area (Å²) in [6.07, 6.45) is 6.98. The van der Waals surface area contributed by atoms with Gasteiger partial charge >= 0.3 is 0 Å². The van der Waals surface area contributed by atoms with Crippen molar-refractivity contribution < 1.29 is 14.3 Å². The fourth-order valence-electron chi connectivity index (χ4n) is 2.64. The van der Waals surface area contributed by atoms with Crippen molar-refractivity contribution in [2.24, 2.45) is 5.92 Å². The lowest BCUT2D eigenvalue weighted by molar-refractivity contribution is 0.102. The van der Waals surface area contributed by atoms with E-state index in [0.29, 0.717) is 36.2 Å². The summed E-state index contributed by atoms with van der Waals surface area (Å²) in [5.41, 5.74) is 0.537. The Hall–Kier alpha value is -2.50. The first-order chi connectivity index (χ1) is 11.3. The first-order valence-corrected chi connectivity index (χ1v) is 8.02. The van der Waals surface area contributed by atoms with Gasteiger partial charge < -0.3 is 14.0 Å². The van der Waals surface area contributed by atoms with Crippen LogP contribution in [-0.4, -0.2) is 28.7 Å². The van der Waals surface area contributed by atoms with E-state index in [2.05, 4.69) is 10.3 Å². The highest BCUT2D eigenvalue weighted by Crippen LogP contribution is 2.32. The topological polar surface area (TPSA) is 65.4 Å². The van der Waals surface area contributed by atoms with Crippen LogP contribution in [0.25, 0.3) is 0 Å². The highest BCUT2D eigenvalue weighted by atomic mass is 16.5. The summed E-state index contributed by atoms with van der Waals surface area (Å²) in [4.78, 5) is 16.7. The van der Waals surface area contributed by atoms with E-state index in [4.69, 9.17) is 9.47 Å². The van der Waals surface area contributed by atoms with E-state index >= 15 is 0 Å². The summed E-state index contributed by atoms with van der Waals surface area (Å²) < 4.78 is 13.2. The van der Waals surface area contributed by atoms with Gasteiger partial charge in [-0.1, -0.05) is 0 Å². The molecule has 1 aliphatic carbocycles. The van der Waals surface area contributed by atoms with Crippen molar-refractivity contribution in [1.29, 1.82) is 0 Å². The van der Waals surface area contributed by atoms with Gasteiger partial charge in [-0.2, -0.15) is 0 Å². The lowest BCUT2D eigenvalue weighted by atomic mass is 10.2. The van der Waals surface area contributed by atoms with E-state index in [-0.39, 0.29) is 5.91 Å². The summed E-state index contributed by atoms with van der Waals surface area (Å²) in [6.45, 7) is 2.15. The number of hydrogen-bond acceptors (Lipinski definition) is 4. The van der Waals surface area contributed by atoms with Crippen LogP contribution in [0.15, 0.2) is 30.6 Å². The summed E-state index contributed by atoms with van der Waals surface area (Å²) in [7, 11) is 0. The standard InChI is InChI=1S/C17H19N3O3/c21-16(19-17-18-6-7-20(17)11-12-2-3-12)13-4-5-14-15(10-13)23-9-1-8-22-14/h4-7,10,12H,1-3,8-9,11H2,(H,18,19,21). The zero-order valence-corrected chi connectivity index (χ0v) is 12.8. The van der Waals surface area contributed by atoms with Crippen molar-refractivity contribution in [3.05, 3.63) is 36.2 Å². The fraction of sp³-hybridized carbons (Fsp3) is 0.412. The average molecular weight is 313 g/mol. The third kappa shape index (κ3) is 3.16. The lowest BCUT2D eigenvalue weighted by Gasteiger charge is -2.11. The van der Waals surface area contributed by atoms with Crippen LogP contribution in [0.5, 0.6) is 11.5 Å². The molecule has 1 amide bonds. The molecular weight excluding hydrogens is 294 g/mol. The van der Waals surface area contributed by atoms with E-state index in [1.165, 1.54) is 12.8 Å². The Labute approximate surface area is 134 Å². The predicted molar refractivity (Wildman–Crippen MR) is 85.0 cm³/mol. The summed E-state index contributed by atoms with van der Waals surface area (Å²) in [5.74, 6) is 2.43. The number of fused-ring (bicyclic) bond motifs is 1. The van der Waals surface area contributed by atoms with Gasteiger partial charge in [0.2, 0.25) is 5.95 Å². The number of carbonyl (C=O) groups is 1. The minimum Gasteiger partial charge on any atom is -0.490 e. The molecule has 0 radical (unpaired) electrons. The quantitative estimate of drug-likeness (QED) is 0.942. The molecule has 4 rings (SSSR count). The molecule has 2 aromatic rings. The van der Waals surface area contributed by atoms with Crippen LogP contribution in [0.4, 0.5) is 5.95 Å². The number of imidazole rings is 1. The zero-order valence-electron chi connectivity index (χ0n) is 12.8. The molecule has 120 valence electrons. The minimum absolute atomic E-state index is 0.191. The van der Waals surface area contributed by atoms with Crippen LogP contribution >= 0.6 is 0 Å². The molecule has 1 saturated carbocycles. The second-order valence-corrected chi connectivity index (χ2v) is 6.01. The Morgan fingerprint density at radius 2 is 2.09 bits per heavy atom. The van der Waals surface area contributed by atoms with Crippen LogP contribution < -0.4 is 14.8 Å². The maximum atomic E-state index is 12.5. The second kappa shape index (κ2) is 5.95. The van der Waals surface area contributed by atoms with Gasteiger partial charge in [-0.15, -0.1) is 0 Å². The molecule has 6 heteroatoms. The number of anilines is 1. The zero-order chi connectivity index (χ0) is 15.6.